The molecule has 0 saturated carbocycles. The second-order valence-corrected chi connectivity index (χ2v) is 5.30. The summed E-state index contributed by atoms with van der Waals surface area (Å²) in [7, 11) is 1.61. The predicted molar refractivity (Wildman–Crippen MR) is 67.8 cm³/mol. The third-order valence-electron chi connectivity index (χ3n) is 2.26. The van der Waals surface area contributed by atoms with Crippen LogP contribution in [0, 0.1) is 0 Å². The van der Waals surface area contributed by atoms with E-state index in [0.717, 1.165) is 17.0 Å². The van der Waals surface area contributed by atoms with Gasteiger partial charge in [-0.2, -0.15) is 0 Å². The zero-order valence-corrected chi connectivity index (χ0v) is 10.6. The van der Waals surface area contributed by atoms with Gasteiger partial charge in [0.25, 0.3) is 0 Å². The Hall–Kier alpha value is -1.13. The van der Waals surface area contributed by atoms with Gasteiger partial charge in [-0.15, -0.1) is 22.7 Å². The van der Waals surface area contributed by atoms with Crippen LogP contribution in [0.15, 0.2) is 29.0 Å². The molecule has 2 aromatic rings. The van der Waals surface area contributed by atoms with Crippen LogP contribution < -0.4 is 4.74 Å². The van der Waals surface area contributed by atoms with Crippen LogP contribution in [0.2, 0.25) is 0 Å². The highest BCUT2D eigenvalue weighted by atomic mass is 32.1. The number of thiophene rings is 2. The van der Waals surface area contributed by atoms with E-state index in [2.05, 4.69) is 6.07 Å². The lowest BCUT2D eigenvalue weighted by Crippen LogP contribution is -1.97. The van der Waals surface area contributed by atoms with Crippen LogP contribution in [0.4, 0.5) is 0 Å². The molecule has 0 aliphatic heterocycles. The van der Waals surface area contributed by atoms with Crippen molar-refractivity contribution in [2.75, 3.05) is 7.11 Å². The zero-order chi connectivity index (χ0) is 11.4. The van der Waals surface area contributed by atoms with Crippen LogP contribution in [0.1, 0.15) is 21.0 Å². The molecule has 0 aromatic carbocycles. The summed E-state index contributed by atoms with van der Waals surface area (Å²) < 4.78 is 5.06. The number of hydrogen-bond donors (Lipinski definition) is 0. The highest BCUT2D eigenvalue weighted by Gasteiger charge is 2.09. The molecule has 0 unspecified atom stereocenters. The molecule has 2 aromatic heterocycles. The first-order valence-corrected chi connectivity index (χ1v) is 6.73. The van der Waals surface area contributed by atoms with Gasteiger partial charge in [0.1, 0.15) is 5.75 Å². The number of ketones is 1. The first kappa shape index (κ1) is 11.4. The first-order valence-electron chi connectivity index (χ1n) is 4.97. The molecular formula is C12H12O2S2. The van der Waals surface area contributed by atoms with Gasteiger partial charge < -0.3 is 4.74 Å². The Labute approximate surface area is 103 Å². The normalized spacial score (nSPS) is 10.3. The monoisotopic (exact) mass is 252 g/mol. The fourth-order valence-corrected chi connectivity index (χ4v) is 2.92. The number of hydrogen-bond acceptors (Lipinski definition) is 4. The molecule has 0 bridgehead atoms. The first-order chi connectivity index (χ1) is 7.79. The lowest BCUT2D eigenvalue weighted by molar-refractivity contribution is 0.0987. The number of methoxy groups -OCH3 is 1. The third-order valence-corrected chi connectivity index (χ3v) is 4.15. The summed E-state index contributed by atoms with van der Waals surface area (Å²) in [6, 6.07) is 5.88. The average molecular weight is 252 g/mol. The molecule has 2 rings (SSSR count). The fraction of sp³-hybridized carbons (Fsp3) is 0.250. The van der Waals surface area contributed by atoms with Crippen molar-refractivity contribution >= 4 is 28.5 Å². The summed E-state index contributed by atoms with van der Waals surface area (Å²) in [5, 5.41) is 3.90. The van der Waals surface area contributed by atoms with Crippen molar-refractivity contribution in [1.82, 2.24) is 0 Å². The van der Waals surface area contributed by atoms with Crippen molar-refractivity contribution in [2.45, 2.75) is 12.8 Å². The van der Waals surface area contributed by atoms with Gasteiger partial charge in [0.2, 0.25) is 0 Å². The molecule has 0 fully saturated rings. The van der Waals surface area contributed by atoms with Gasteiger partial charge in [0.05, 0.1) is 12.0 Å². The van der Waals surface area contributed by atoms with Crippen molar-refractivity contribution in [3.63, 3.8) is 0 Å². The highest BCUT2D eigenvalue weighted by molar-refractivity contribution is 7.12. The lowest BCUT2D eigenvalue weighted by Gasteiger charge is -1.96. The summed E-state index contributed by atoms with van der Waals surface area (Å²) in [5.74, 6) is 0.964. The number of Topliss-reactive ketones (excluding diaryl/α,β-unsaturated/α-hetero) is 1. The molecule has 0 saturated heterocycles. The number of carbonyl (C=O) groups is 1. The number of aryl methyl sites for hydroxylation is 1. The smallest absolute Gasteiger partial charge is 0.173 e. The average Bonchev–Trinajstić information content (AvgIpc) is 2.96. The van der Waals surface area contributed by atoms with Crippen LogP contribution in [-0.2, 0) is 6.42 Å². The Morgan fingerprint density at radius 2 is 2.31 bits per heavy atom. The number of rotatable bonds is 5. The van der Waals surface area contributed by atoms with Crippen LogP contribution in [0.25, 0.3) is 0 Å². The summed E-state index contributed by atoms with van der Waals surface area (Å²) in [4.78, 5) is 13.9. The van der Waals surface area contributed by atoms with Gasteiger partial charge in [-0.1, -0.05) is 6.07 Å². The third kappa shape index (κ3) is 2.71. The fourth-order valence-electron chi connectivity index (χ4n) is 1.39. The van der Waals surface area contributed by atoms with Crippen LogP contribution >= 0.6 is 22.7 Å². The minimum Gasteiger partial charge on any atom is -0.496 e. The van der Waals surface area contributed by atoms with Crippen molar-refractivity contribution in [2.24, 2.45) is 0 Å². The molecule has 2 heterocycles. The topological polar surface area (TPSA) is 26.3 Å². The summed E-state index contributed by atoms with van der Waals surface area (Å²) in [6.45, 7) is 0. The van der Waals surface area contributed by atoms with Gasteiger partial charge in [-0.3, -0.25) is 4.79 Å². The molecule has 0 amide bonds. The Balaban J connectivity index is 1.93. The van der Waals surface area contributed by atoms with E-state index in [9.17, 15) is 4.79 Å². The Morgan fingerprint density at radius 1 is 1.44 bits per heavy atom. The van der Waals surface area contributed by atoms with Crippen molar-refractivity contribution in [3.05, 3.63) is 38.7 Å². The molecule has 2 nitrogen and oxygen atoms in total. The maximum atomic E-state index is 11.8. The van der Waals surface area contributed by atoms with Gasteiger partial charge in [-0.25, -0.2) is 0 Å². The molecule has 16 heavy (non-hydrogen) atoms. The van der Waals surface area contributed by atoms with E-state index < -0.39 is 0 Å². The summed E-state index contributed by atoms with van der Waals surface area (Å²) in [5.41, 5.74) is 0. The maximum absolute atomic E-state index is 11.8. The molecular weight excluding hydrogens is 240 g/mol. The van der Waals surface area contributed by atoms with Crippen molar-refractivity contribution < 1.29 is 9.53 Å². The van der Waals surface area contributed by atoms with E-state index in [4.69, 9.17) is 4.74 Å². The number of ether oxygens (including phenoxy) is 1. The SMILES string of the molecule is COc1csc(C(=O)CCc2cccs2)c1. The quantitative estimate of drug-likeness (QED) is 0.759. The minimum atomic E-state index is 0.196. The van der Waals surface area contributed by atoms with E-state index in [1.807, 2.05) is 16.8 Å². The minimum absolute atomic E-state index is 0.196. The van der Waals surface area contributed by atoms with E-state index in [0.29, 0.717) is 6.42 Å². The molecule has 0 spiro atoms. The molecule has 0 radical (unpaired) electrons. The van der Waals surface area contributed by atoms with Gasteiger partial charge in [-0.05, 0) is 17.9 Å². The molecule has 0 atom stereocenters. The van der Waals surface area contributed by atoms with E-state index in [1.54, 1.807) is 24.5 Å². The second kappa shape index (κ2) is 5.27. The van der Waals surface area contributed by atoms with E-state index >= 15 is 0 Å². The van der Waals surface area contributed by atoms with Gasteiger partial charge in [0, 0.05) is 22.7 Å². The van der Waals surface area contributed by atoms with Gasteiger partial charge >= 0.3 is 0 Å². The van der Waals surface area contributed by atoms with Gasteiger partial charge in [0.15, 0.2) is 5.78 Å². The van der Waals surface area contributed by atoms with Crippen molar-refractivity contribution in [3.8, 4) is 5.75 Å². The highest BCUT2D eigenvalue weighted by Crippen LogP contribution is 2.23. The largest absolute Gasteiger partial charge is 0.496 e. The maximum Gasteiger partial charge on any atom is 0.173 e. The Morgan fingerprint density at radius 3 is 2.94 bits per heavy atom. The molecule has 4 heteroatoms. The molecule has 0 N–H and O–H groups in total. The van der Waals surface area contributed by atoms with Crippen LogP contribution in [0.3, 0.4) is 0 Å². The van der Waals surface area contributed by atoms with Crippen molar-refractivity contribution in [1.29, 1.82) is 0 Å². The second-order valence-electron chi connectivity index (χ2n) is 3.35. The predicted octanol–water partition coefficient (Wildman–Crippen LogP) is 3.63. The Bertz CT molecular complexity index is 457. The van der Waals surface area contributed by atoms with Crippen LogP contribution in [-0.4, -0.2) is 12.9 Å². The van der Waals surface area contributed by atoms with E-state index in [-0.39, 0.29) is 5.78 Å². The lowest BCUT2D eigenvalue weighted by atomic mass is 10.2. The van der Waals surface area contributed by atoms with Crippen LogP contribution in [0.5, 0.6) is 5.75 Å². The number of carbonyl (C=O) groups excluding carboxylic acids is 1. The van der Waals surface area contributed by atoms with E-state index in [1.165, 1.54) is 16.2 Å². The standard InChI is InChI=1S/C12H12O2S2/c1-14-9-7-12(16-8-9)11(13)5-4-10-3-2-6-15-10/h2-3,6-8H,4-5H2,1H3. The molecule has 84 valence electrons. The molecule has 0 aliphatic carbocycles. The molecule has 0 aliphatic rings. The summed E-state index contributed by atoms with van der Waals surface area (Å²) in [6.07, 6.45) is 1.40. The Kier molecular flexibility index (Phi) is 3.74. The summed E-state index contributed by atoms with van der Waals surface area (Å²) >= 11 is 3.14. The zero-order valence-electron chi connectivity index (χ0n) is 8.93.